The second-order valence-electron chi connectivity index (χ2n) is 5.93. The molecule has 1 aliphatic rings. The number of esters is 1. The Kier molecular flexibility index (Phi) is 4.04. The quantitative estimate of drug-likeness (QED) is 0.671. The lowest BCUT2D eigenvalue weighted by Gasteiger charge is -2.30. The van der Waals surface area contributed by atoms with Crippen molar-refractivity contribution in [3.05, 3.63) is 70.8 Å². The Balaban J connectivity index is 1.48. The van der Waals surface area contributed by atoms with E-state index < -0.39 is 18.2 Å². The Morgan fingerprint density at radius 3 is 2.69 bits per heavy atom. The third-order valence-corrected chi connectivity index (χ3v) is 4.06. The number of para-hydroxylation sites is 2. The van der Waals surface area contributed by atoms with Crippen molar-refractivity contribution >= 4 is 11.6 Å². The van der Waals surface area contributed by atoms with Gasteiger partial charge in [0.15, 0.2) is 11.5 Å². The van der Waals surface area contributed by atoms with Gasteiger partial charge in [0.1, 0.15) is 18.4 Å². The number of hydrogen-bond donors (Lipinski definition) is 0. The summed E-state index contributed by atoms with van der Waals surface area (Å²) in [6.45, 7) is 1.62. The maximum Gasteiger partial charge on any atom is 0.351 e. The number of hydrogen-bond acceptors (Lipinski definition) is 6. The van der Waals surface area contributed by atoms with E-state index in [9.17, 15) is 9.59 Å². The molecule has 7 heteroatoms. The Hall–Kier alpha value is -3.35. The molecule has 132 valence electrons. The van der Waals surface area contributed by atoms with Gasteiger partial charge in [-0.25, -0.2) is 9.78 Å². The Morgan fingerprint density at radius 2 is 1.88 bits per heavy atom. The first-order valence-corrected chi connectivity index (χ1v) is 8.18. The van der Waals surface area contributed by atoms with Crippen LogP contribution in [0.3, 0.4) is 0 Å². The molecular formula is C19H16N2O5. The zero-order valence-corrected chi connectivity index (χ0v) is 14.0. The van der Waals surface area contributed by atoms with Crippen molar-refractivity contribution in [2.24, 2.45) is 0 Å². The van der Waals surface area contributed by atoms with E-state index in [0.29, 0.717) is 22.8 Å². The summed E-state index contributed by atoms with van der Waals surface area (Å²) >= 11 is 0. The molecule has 3 aromatic rings. The van der Waals surface area contributed by atoms with Crippen molar-refractivity contribution in [1.82, 2.24) is 9.38 Å². The van der Waals surface area contributed by atoms with E-state index in [2.05, 4.69) is 4.98 Å². The van der Waals surface area contributed by atoms with Gasteiger partial charge in [-0.15, -0.1) is 0 Å². The van der Waals surface area contributed by atoms with Crippen molar-refractivity contribution in [1.29, 1.82) is 0 Å². The number of aromatic nitrogens is 2. The monoisotopic (exact) mass is 352 g/mol. The van der Waals surface area contributed by atoms with Gasteiger partial charge in [-0.1, -0.05) is 18.2 Å². The van der Waals surface area contributed by atoms with Crippen molar-refractivity contribution in [3.63, 3.8) is 0 Å². The Labute approximate surface area is 148 Å². The van der Waals surface area contributed by atoms with Gasteiger partial charge in [0.25, 0.3) is 5.56 Å². The summed E-state index contributed by atoms with van der Waals surface area (Å²) in [5.41, 5.74) is 0.631. The topological polar surface area (TPSA) is 79.1 Å². The van der Waals surface area contributed by atoms with Crippen LogP contribution < -0.4 is 15.0 Å². The second kappa shape index (κ2) is 6.51. The third-order valence-electron chi connectivity index (χ3n) is 4.06. The molecule has 4 rings (SSSR count). The van der Waals surface area contributed by atoms with E-state index in [1.807, 2.05) is 6.07 Å². The number of carbonyl (C=O) groups excluding carboxylic acids is 1. The van der Waals surface area contributed by atoms with Crippen LogP contribution in [0.5, 0.6) is 11.5 Å². The molecule has 0 aliphatic carbocycles. The molecule has 0 radical (unpaired) electrons. The van der Waals surface area contributed by atoms with Crippen LogP contribution in [0.25, 0.3) is 5.65 Å². The number of benzene rings is 1. The molecule has 26 heavy (non-hydrogen) atoms. The van der Waals surface area contributed by atoms with E-state index >= 15 is 0 Å². The smallest absolute Gasteiger partial charge is 0.351 e. The summed E-state index contributed by atoms with van der Waals surface area (Å²) in [7, 11) is 0. The van der Waals surface area contributed by atoms with Crippen LogP contribution in [0.2, 0.25) is 0 Å². The molecule has 0 amide bonds. The highest BCUT2D eigenvalue weighted by atomic mass is 16.6. The fourth-order valence-electron chi connectivity index (χ4n) is 2.78. The number of pyridine rings is 1. The first-order valence-electron chi connectivity index (χ1n) is 8.18. The molecule has 0 bridgehead atoms. The van der Waals surface area contributed by atoms with Crippen molar-refractivity contribution in [2.75, 3.05) is 0 Å². The molecule has 1 aliphatic heterocycles. The van der Waals surface area contributed by atoms with E-state index in [0.717, 1.165) is 0 Å². The molecule has 2 aromatic heterocycles. The highest BCUT2D eigenvalue weighted by Crippen LogP contribution is 2.33. The molecule has 0 unspecified atom stereocenters. The van der Waals surface area contributed by atoms with Crippen LogP contribution >= 0.6 is 0 Å². The Bertz CT molecular complexity index is 1030. The standard InChI is InChI=1S/C19H16N2O5/c1-12-18(26-15-7-3-2-6-14(15)25-12)19(23)24-11-13-10-17(22)21-9-5-4-8-16(21)20-13/h2-10,12,18H,11H2,1H3/t12-,18-/m1/s1. The summed E-state index contributed by atoms with van der Waals surface area (Å²) in [5.74, 6) is 0.518. The van der Waals surface area contributed by atoms with Gasteiger partial charge in [0.2, 0.25) is 6.10 Å². The van der Waals surface area contributed by atoms with Gasteiger partial charge in [-0.2, -0.15) is 0 Å². The lowest BCUT2D eigenvalue weighted by Crippen LogP contribution is -2.44. The summed E-state index contributed by atoms with van der Waals surface area (Å²) in [6.07, 6.45) is 0.256. The van der Waals surface area contributed by atoms with Gasteiger partial charge in [0, 0.05) is 12.3 Å². The van der Waals surface area contributed by atoms with Crippen molar-refractivity contribution in [2.45, 2.75) is 25.7 Å². The number of fused-ring (bicyclic) bond motifs is 2. The summed E-state index contributed by atoms with van der Waals surface area (Å²) < 4.78 is 18.1. The molecule has 7 nitrogen and oxygen atoms in total. The van der Waals surface area contributed by atoms with Gasteiger partial charge in [0.05, 0.1) is 5.69 Å². The van der Waals surface area contributed by atoms with Crippen LogP contribution in [0.1, 0.15) is 12.6 Å². The van der Waals surface area contributed by atoms with Gasteiger partial charge < -0.3 is 14.2 Å². The molecule has 2 atom stereocenters. The second-order valence-corrected chi connectivity index (χ2v) is 5.93. The molecule has 0 saturated heterocycles. The normalized spacial score (nSPS) is 18.5. The average Bonchev–Trinajstić information content (AvgIpc) is 2.65. The van der Waals surface area contributed by atoms with Crippen LogP contribution in [0.15, 0.2) is 59.5 Å². The molecule has 0 fully saturated rings. The predicted molar refractivity (Wildman–Crippen MR) is 92.2 cm³/mol. The number of rotatable bonds is 3. The number of nitrogens with zero attached hydrogens (tertiary/aromatic N) is 2. The minimum Gasteiger partial charge on any atom is -0.482 e. The van der Waals surface area contributed by atoms with Gasteiger partial charge >= 0.3 is 5.97 Å². The number of carbonyl (C=O) groups is 1. The molecule has 0 N–H and O–H groups in total. The minimum absolute atomic E-state index is 0.117. The predicted octanol–water partition coefficient (Wildman–Crippen LogP) is 1.97. The molecule has 0 spiro atoms. The van der Waals surface area contributed by atoms with Crippen LogP contribution in [0, 0.1) is 0 Å². The van der Waals surface area contributed by atoms with E-state index in [1.54, 1.807) is 49.5 Å². The van der Waals surface area contributed by atoms with Gasteiger partial charge in [-0.3, -0.25) is 9.20 Å². The highest BCUT2D eigenvalue weighted by molar-refractivity contribution is 5.76. The summed E-state index contributed by atoms with van der Waals surface area (Å²) in [4.78, 5) is 28.8. The highest BCUT2D eigenvalue weighted by Gasteiger charge is 2.35. The number of ether oxygens (including phenoxy) is 3. The molecule has 1 aromatic carbocycles. The minimum atomic E-state index is -0.883. The lowest BCUT2D eigenvalue weighted by atomic mass is 10.2. The van der Waals surface area contributed by atoms with E-state index in [1.165, 1.54) is 10.5 Å². The summed E-state index contributed by atoms with van der Waals surface area (Å²) in [6, 6.07) is 13.7. The largest absolute Gasteiger partial charge is 0.482 e. The van der Waals surface area contributed by atoms with Crippen molar-refractivity contribution < 1.29 is 19.0 Å². The lowest BCUT2D eigenvalue weighted by molar-refractivity contribution is -0.159. The third kappa shape index (κ3) is 2.99. The SMILES string of the molecule is C[C@H]1Oc2ccccc2O[C@H]1C(=O)OCc1cc(=O)n2ccccc2n1. The van der Waals surface area contributed by atoms with Crippen LogP contribution in [-0.4, -0.2) is 27.6 Å². The van der Waals surface area contributed by atoms with Crippen molar-refractivity contribution in [3.8, 4) is 11.5 Å². The average molecular weight is 352 g/mol. The van der Waals surface area contributed by atoms with E-state index in [4.69, 9.17) is 14.2 Å². The fraction of sp³-hybridized carbons (Fsp3) is 0.211. The Morgan fingerprint density at radius 1 is 1.15 bits per heavy atom. The van der Waals surface area contributed by atoms with Crippen LogP contribution in [0.4, 0.5) is 0 Å². The maximum absolute atomic E-state index is 12.4. The molecule has 0 saturated carbocycles. The first kappa shape index (κ1) is 16.1. The van der Waals surface area contributed by atoms with Crippen LogP contribution in [-0.2, 0) is 16.1 Å². The summed E-state index contributed by atoms with van der Waals surface area (Å²) in [5, 5.41) is 0. The fourth-order valence-corrected chi connectivity index (χ4v) is 2.78. The maximum atomic E-state index is 12.4. The molecular weight excluding hydrogens is 336 g/mol. The zero-order valence-electron chi connectivity index (χ0n) is 14.0. The van der Waals surface area contributed by atoms with E-state index in [-0.39, 0.29) is 12.2 Å². The molecule has 3 heterocycles. The first-order chi connectivity index (χ1) is 12.6. The van der Waals surface area contributed by atoms with Gasteiger partial charge in [-0.05, 0) is 31.2 Å². The zero-order chi connectivity index (χ0) is 18.1.